The Labute approximate surface area is 96.6 Å². The van der Waals surface area contributed by atoms with Crippen LogP contribution in [0.25, 0.3) is 11.4 Å². The fourth-order valence-electron chi connectivity index (χ4n) is 1.41. The van der Waals surface area contributed by atoms with Gasteiger partial charge in [0.2, 0.25) is 0 Å². The van der Waals surface area contributed by atoms with Gasteiger partial charge in [-0.25, -0.2) is 9.78 Å². The molecule has 0 aliphatic heterocycles. The fourth-order valence-corrected chi connectivity index (χ4v) is 2.02. The normalized spacial score (nSPS) is 10.4. The van der Waals surface area contributed by atoms with E-state index in [4.69, 9.17) is 5.11 Å². The van der Waals surface area contributed by atoms with Gasteiger partial charge in [0.15, 0.2) is 0 Å². The number of nitrogens with zero attached hydrogens (tertiary/aromatic N) is 2. The second kappa shape index (κ2) is 4.02. The first-order valence-corrected chi connectivity index (χ1v) is 5.59. The van der Waals surface area contributed by atoms with E-state index in [0.717, 1.165) is 10.7 Å². The lowest BCUT2D eigenvalue weighted by molar-refractivity contribution is 0.0695. The molecule has 2 heterocycles. The quantitative estimate of drug-likeness (QED) is 0.867. The molecule has 0 aliphatic carbocycles. The topological polar surface area (TPSA) is 63.1 Å². The Hall–Kier alpha value is -1.75. The summed E-state index contributed by atoms with van der Waals surface area (Å²) in [5, 5.41) is 11.8. The number of aryl methyl sites for hydroxylation is 2. The van der Waals surface area contributed by atoms with E-state index in [-0.39, 0.29) is 5.56 Å². The summed E-state index contributed by atoms with van der Waals surface area (Å²) in [6.45, 7) is 3.61. The minimum absolute atomic E-state index is 0.232. The zero-order valence-corrected chi connectivity index (χ0v) is 9.71. The van der Waals surface area contributed by atoms with E-state index in [1.807, 2.05) is 12.3 Å². The number of hydrogen-bond acceptors (Lipinski definition) is 4. The van der Waals surface area contributed by atoms with Crippen LogP contribution in [-0.4, -0.2) is 21.0 Å². The molecule has 0 bridgehead atoms. The molecule has 4 nitrogen and oxygen atoms in total. The number of pyridine rings is 1. The maximum Gasteiger partial charge on any atom is 0.337 e. The summed E-state index contributed by atoms with van der Waals surface area (Å²) in [6.07, 6.45) is 0. The van der Waals surface area contributed by atoms with E-state index in [2.05, 4.69) is 9.97 Å². The van der Waals surface area contributed by atoms with Gasteiger partial charge in [0.1, 0.15) is 0 Å². The zero-order chi connectivity index (χ0) is 11.7. The fraction of sp³-hybridized carbons (Fsp3) is 0.182. The van der Waals surface area contributed by atoms with Gasteiger partial charge in [0, 0.05) is 5.38 Å². The molecule has 0 saturated carbocycles. The molecule has 1 N–H and O–H groups in total. The smallest absolute Gasteiger partial charge is 0.337 e. The van der Waals surface area contributed by atoms with Crippen LogP contribution >= 0.6 is 11.3 Å². The molecule has 0 spiro atoms. The number of hydrogen-bond donors (Lipinski definition) is 1. The molecule has 0 amide bonds. The lowest BCUT2D eigenvalue weighted by Crippen LogP contribution is -2.02. The second-order valence-corrected chi connectivity index (χ2v) is 4.45. The standard InChI is InChI=1S/C11H10N2O2S/c1-6-8(11(14)15)3-4-9(12-6)10-5-16-7(2)13-10/h3-5H,1-2H3,(H,14,15). The molecular formula is C11H10N2O2S. The molecule has 0 unspecified atom stereocenters. The van der Waals surface area contributed by atoms with Crippen LogP contribution in [0.15, 0.2) is 17.5 Å². The molecule has 0 saturated heterocycles. The first-order valence-electron chi connectivity index (χ1n) is 4.71. The van der Waals surface area contributed by atoms with Crippen molar-refractivity contribution in [2.75, 3.05) is 0 Å². The van der Waals surface area contributed by atoms with Gasteiger partial charge in [-0.05, 0) is 26.0 Å². The number of aromatic nitrogens is 2. The highest BCUT2D eigenvalue weighted by atomic mass is 32.1. The highest BCUT2D eigenvalue weighted by molar-refractivity contribution is 7.09. The number of carbonyl (C=O) groups is 1. The van der Waals surface area contributed by atoms with Crippen LogP contribution in [0.2, 0.25) is 0 Å². The van der Waals surface area contributed by atoms with Gasteiger partial charge in [-0.3, -0.25) is 4.98 Å². The lowest BCUT2D eigenvalue weighted by Gasteiger charge is -2.01. The first-order chi connectivity index (χ1) is 7.58. The van der Waals surface area contributed by atoms with Gasteiger partial charge in [0.25, 0.3) is 0 Å². The van der Waals surface area contributed by atoms with Crippen molar-refractivity contribution in [2.24, 2.45) is 0 Å². The first kappa shape index (κ1) is 10.8. The molecule has 0 fully saturated rings. The summed E-state index contributed by atoms with van der Waals surface area (Å²) in [5.74, 6) is -0.953. The zero-order valence-electron chi connectivity index (χ0n) is 8.89. The molecule has 2 rings (SSSR count). The van der Waals surface area contributed by atoms with Crippen LogP contribution in [0, 0.1) is 13.8 Å². The third-order valence-corrected chi connectivity index (χ3v) is 2.97. The van der Waals surface area contributed by atoms with Crippen LogP contribution in [-0.2, 0) is 0 Å². The van der Waals surface area contributed by atoms with E-state index in [9.17, 15) is 4.79 Å². The van der Waals surface area contributed by atoms with E-state index in [1.165, 1.54) is 0 Å². The highest BCUT2D eigenvalue weighted by Crippen LogP contribution is 2.20. The summed E-state index contributed by atoms with van der Waals surface area (Å²) in [4.78, 5) is 19.4. The summed E-state index contributed by atoms with van der Waals surface area (Å²) < 4.78 is 0. The van der Waals surface area contributed by atoms with E-state index in [1.54, 1.807) is 30.4 Å². The van der Waals surface area contributed by atoms with Gasteiger partial charge in [-0.1, -0.05) is 0 Å². The number of carboxylic acid groups (broad SMARTS) is 1. The Morgan fingerprint density at radius 3 is 2.50 bits per heavy atom. The van der Waals surface area contributed by atoms with Gasteiger partial charge in [-0.2, -0.15) is 0 Å². The van der Waals surface area contributed by atoms with Crippen molar-refractivity contribution >= 4 is 17.3 Å². The molecule has 5 heteroatoms. The predicted octanol–water partition coefficient (Wildman–Crippen LogP) is 2.52. The Bertz CT molecular complexity index is 549. The van der Waals surface area contributed by atoms with E-state index >= 15 is 0 Å². The molecule has 82 valence electrons. The minimum Gasteiger partial charge on any atom is -0.478 e. The van der Waals surface area contributed by atoms with Crippen LogP contribution < -0.4 is 0 Å². The van der Waals surface area contributed by atoms with Crippen molar-refractivity contribution in [2.45, 2.75) is 13.8 Å². The molecular weight excluding hydrogens is 224 g/mol. The number of rotatable bonds is 2. The molecule has 2 aromatic heterocycles. The average Bonchev–Trinajstić information content (AvgIpc) is 2.64. The molecule has 16 heavy (non-hydrogen) atoms. The Morgan fingerprint density at radius 2 is 2.00 bits per heavy atom. The molecule has 0 atom stereocenters. The maximum absolute atomic E-state index is 10.8. The second-order valence-electron chi connectivity index (χ2n) is 3.39. The van der Waals surface area contributed by atoms with E-state index in [0.29, 0.717) is 11.4 Å². The van der Waals surface area contributed by atoms with Gasteiger partial charge >= 0.3 is 5.97 Å². The van der Waals surface area contributed by atoms with Crippen LogP contribution in [0.4, 0.5) is 0 Å². The molecule has 0 radical (unpaired) electrons. The summed E-state index contributed by atoms with van der Waals surface area (Å²) in [6, 6.07) is 3.25. The number of carboxylic acids is 1. The Kier molecular flexibility index (Phi) is 2.70. The Morgan fingerprint density at radius 1 is 1.25 bits per heavy atom. The van der Waals surface area contributed by atoms with Gasteiger partial charge in [0.05, 0.1) is 27.7 Å². The monoisotopic (exact) mass is 234 g/mol. The number of aromatic carboxylic acids is 1. The molecule has 2 aromatic rings. The maximum atomic E-state index is 10.8. The highest BCUT2D eigenvalue weighted by Gasteiger charge is 2.10. The number of thiazole rings is 1. The summed E-state index contributed by atoms with van der Waals surface area (Å²) in [7, 11) is 0. The summed E-state index contributed by atoms with van der Waals surface area (Å²) >= 11 is 1.55. The average molecular weight is 234 g/mol. The van der Waals surface area contributed by atoms with Crippen molar-refractivity contribution in [3.63, 3.8) is 0 Å². The van der Waals surface area contributed by atoms with Crippen LogP contribution in [0.1, 0.15) is 21.1 Å². The SMILES string of the molecule is Cc1nc(-c2ccc(C(=O)O)c(C)n2)cs1. The van der Waals surface area contributed by atoms with Crippen molar-refractivity contribution < 1.29 is 9.90 Å². The minimum atomic E-state index is -0.953. The largest absolute Gasteiger partial charge is 0.478 e. The van der Waals surface area contributed by atoms with E-state index < -0.39 is 5.97 Å². The van der Waals surface area contributed by atoms with Crippen molar-refractivity contribution in [1.82, 2.24) is 9.97 Å². The van der Waals surface area contributed by atoms with Crippen LogP contribution in [0.3, 0.4) is 0 Å². The van der Waals surface area contributed by atoms with Gasteiger partial charge in [-0.15, -0.1) is 11.3 Å². The predicted molar refractivity (Wildman–Crippen MR) is 61.8 cm³/mol. The van der Waals surface area contributed by atoms with Crippen molar-refractivity contribution in [1.29, 1.82) is 0 Å². The third kappa shape index (κ3) is 1.94. The Balaban J connectivity index is 2.45. The third-order valence-electron chi connectivity index (χ3n) is 2.20. The lowest BCUT2D eigenvalue weighted by atomic mass is 10.1. The van der Waals surface area contributed by atoms with Crippen LogP contribution in [0.5, 0.6) is 0 Å². The van der Waals surface area contributed by atoms with Crippen molar-refractivity contribution in [3.8, 4) is 11.4 Å². The molecule has 0 aliphatic rings. The van der Waals surface area contributed by atoms with Crippen molar-refractivity contribution in [3.05, 3.63) is 33.8 Å². The van der Waals surface area contributed by atoms with Gasteiger partial charge < -0.3 is 5.11 Å². The molecule has 0 aromatic carbocycles. The summed E-state index contributed by atoms with van der Waals surface area (Å²) in [5.41, 5.74) is 2.25.